The normalized spacial score (nSPS) is 14.7. The molecule has 0 aliphatic carbocycles. The molecule has 0 radical (unpaired) electrons. The fourth-order valence-electron chi connectivity index (χ4n) is 3.60. The van der Waals surface area contributed by atoms with Gasteiger partial charge in [0, 0.05) is 61.6 Å². The molecular weight excluding hydrogens is 444 g/mol. The first-order chi connectivity index (χ1) is 15.3. The van der Waals surface area contributed by atoms with Crippen LogP contribution < -0.4 is 15.0 Å². The Hall–Kier alpha value is -2.49. The second kappa shape index (κ2) is 9.56. The summed E-state index contributed by atoms with van der Waals surface area (Å²) >= 11 is 1.55. The molecule has 0 bridgehead atoms. The number of piperazine rings is 1. The van der Waals surface area contributed by atoms with Crippen LogP contribution in [-0.4, -0.2) is 56.9 Å². The molecule has 3 aromatic rings. The number of anilines is 1. The summed E-state index contributed by atoms with van der Waals surface area (Å²) in [6.45, 7) is 7.77. The summed E-state index contributed by atoms with van der Waals surface area (Å²) in [7, 11) is -3.30. The Kier molecular flexibility index (Phi) is 6.78. The van der Waals surface area contributed by atoms with Crippen LogP contribution in [0.5, 0.6) is 5.75 Å². The molecule has 4 rings (SSSR count). The lowest BCUT2D eigenvalue weighted by Crippen LogP contribution is -2.43. The number of benzene rings is 1. The van der Waals surface area contributed by atoms with E-state index in [-0.39, 0.29) is 11.0 Å². The van der Waals surface area contributed by atoms with Crippen molar-refractivity contribution in [1.82, 2.24) is 15.3 Å². The lowest BCUT2D eigenvalue weighted by molar-refractivity contribution is 0.240. The van der Waals surface area contributed by atoms with Gasteiger partial charge in [-0.05, 0) is 44.2 Å². The lowest BCUT2D eigenvalue weighted by Gasteiger charge is -2.28. The van der Waals surface area contributed by atoms with Gasteiger partial charge in [0.15, 0.2) is 9.84 Å². The number of hydrogen-bond donors (Lipinski definition) is 1. The first-order valence-corrected chi connectivity index (χ1v) is 13.4. The highest BCUT2D eigenvalue weighted by Crippen LogP contribution is 2.29. The molecule has 1 aromatic carbocycles. The third-order valence-corrected chi connectivity index (χ3v) is 7.16. The molecule has 1 aliphatic rings. The largest absolute Gasteiger partial charge is 0.491 e. The highest BCUT2D eigenvalue weighted by molar-refractivity contribution is 7.90. The number of sulfone groups is 1. The highest BCUT2D eigenvalue weighted by atomic mass is 32.2. The number of ether oxygens (including phenoxy) is 1. The number of aromatic nitrogens is 2. The van der Waals surface area contributed by atoms with Crippen molar-refractivity contribution in [1.29, 1.82) is 0 Å². The van der Waals surface area contributed by atoms with Crippen molar-refractivity contribution < 1.29 is 13.2 Å². The summed E-state index contributed by atoms with van der Waals surface area (Å²) in [5, 5.41) is 6.26. The van der Waals surface area contributed by atoms with E-state index in [1.54, 1.807) is 29.5 Å². The Morgan fingerprint density at radius 3 is 2.62 bits per heavy atom. The molecule has 3 heterocycles. The van der Waals surface area contributed by atoms with Crippen LogP contribution in [0.25, 0.3) is 11.3 Å². The summed E-state index contributed by atoms with van der Waals surface area (Å²) in [5.41, 5.74) is 2.65. The molecular formula is C23H28N4O3S2. The number of rotatable bonds is 7. The number of nitrogens with one attached hydrogen (secondary N) is 1. The second-order valence-corrected chi connectivity index (χ2v) is 11.1. The molecule has 1 saturated heterocycles. The van der Waals surface area contributed by atoms with Crippen molar-refractivity contribution in [3.05, 3.63) is 52.5 Å². The fraction of sp³-hybridized carbons (Fsp3) is 0.391. The first kappa shape index (κ1) is 22.7. The number of hydrogen-bond acceptors (Lipinski definition) is 8. The Morgan fingerprint density at radius 2 is 1.97 bits per heavy atom. The average Bonchev–Trinajstić information content (AvgIpc) is 3.23. The van der Waals surface area contributed by atoms with Crippen molar-refractivity contribution in [3.63, 3.8) is 0 Å². The van der Waals surface area contributed by atoms with Gasteiger partial charge in [-0.25, -0.2) is 18.4 Å². The highest BCUT2D eigenvalue weighted by Gasteiger charge is 2.16. The van der Waals surface area contributed by atoms with Crippen molar-refractivity contribution in [2.75, 3.05) is 37.3 Å². The van der Waals surface area contributed by atoms with Gasteiger partial charge in [0.1, 0.15) is 11.6 Å². The van der Waals surface area contributed by atoms with E-state index in [1.807, 2.05) is 31.5 Å². The van der Waals surface area contributed by atoms with E-state index in [9.17, 15) is 8.42 Å². The maximum atomic E-state index is 12.0. The third kappa shape index (κ3) is 5.46. The summed E-state index contributed by atoms with van der Waals surface area (Å²) in [6.07, 6.45) is 3.58. The summed E-state index contributed by atoms with van der Waals surface area (Å²) in [5.74, 6) is 1.67. The summed E-state index contributed by atoms with van der Waals surface area (Å²) in [4.78, 5) is 12.0. The van der Waals surface area contributed by atoms with Crippen LogP contribution in [0.1, 0.15) is 24.4 Å². The van der Waals surface area contributed by atoms with Gasteiger partial charge in [-0.15, -0.1) is 11.3 Å². The molecule has 0 atom stereocenters. The molecule has 1 aliphatic heterocycles. The van der Waals surface area contributed by atoms with E-state index in [0.717, 1.165) is 53.8 Å². The molecule has 0 unspecified atom stereocenters. The van der Waals surface area contributed by atoms with E-state index < -0.39 is 9.84 Å². The predicted molar refractivity (Wildman–Crippen MR) is 129 cm³/mol. The van der Waals surface area contributed by atoms with E-state index in [0.29, 0.717) is 12.2 Å². The van der Waals surface area contributed by atoms with Crippen molar-refractivity contribution >= 4 is 27.0 Å². The van der Waals surface area contributed by atoms with E-state index >= 15 is 0 Å². The Morgan fingerprint density at radius 1 is 1.19 bits per heavy atom. The molecule has 170 valence electrons. The molecule has 0 saturated carbocycles. The van der Waals surface area contributed by atoms with Crippen LogP contribution in [-0.2, 0) is 16.3 Å². The first-order valence-electron chi connectivity index (χ1n) is 10.7. The molecule has 0 amide bonds. The molecule has 1 fully saturated rings. The number of pyridine rings is 1. The number of thiazole rings is 1. The quantitative estimate of drug-likeness (QED) is 0.564. The summed E-state index contributed by atoms with van der Waals surface area (Å²) < 4.78 is 30.0. The van der Waals surface area contributed by atoms with Crippen molar-refractivity contribution in [3.8, 4) is 17.0 Å². The van der Waals surface area contributed by atoms with Crippen LogP contribution in [0.3, 0.4) is 0 Å². The van der Waals surface area contributed by atoms with Gasteiger partial charge in [0.2, 0.25) is 0 Å². The van der Waals surface area contributed by atoms with E-state index in [4.69, 9.17) is 9.72 Å². The minimum atomic E-state index is -3.30. The van der Waals surface area contributed by atoms with Crippen LogP contribution in [0.2, 0.25) is 0 Å². The minimum absolute atomic E-state index is 0.00929. The van der Waals surface area contributed by atoms with Gasteiger partial charge < -0.3 is 15.0 Å². The van der Waals surface area contributed by atoms with Crippen LogP contribution in [0.4, 0.5) is 5.82 Å². The Labute approximate surface area is 193 Å². The zero-order valence-electron chi connectivity index (χ0n) is 18.5. The van der Waals surface area contributed by atoms with Gasteiger partial charge in [0.05, 0.1) is 21.7 Å². The molecule has 0 spiro atoms. The van der Waals surface area contributed by atoms with Gasteiger partial charge in [-0.3, -0.25) is 0 Å². The summed E-state index contributed by atoms with van der Waals surface area (Å²) in [6, 6.07) is 9.12. The van der Waals surface area contributed by atoms with Crippen LogP contribution in [0.15, 0.2) is 46.8 Å². The van der Waals surface area contributed by atoms with Gasteiger partial charge in [0.25, 0.3) is 0 Å². The Balaban J connectivity index is 1.55. The molecule has 7 nitrogen and oxygen atoms in total. The fourth-order valence-corrected chi connectivity index (χ4v) is 5.10. The standard InChI is InChI=1S/C23H28N4O3S2/c1-16(2)30-21-6-5-19(32(3,28)29)12-18(21)13-23-26-20(15-31-23)17-4-7-22(25-14-17)27-10-8-24-9-11-27/h4-7,12,14-16,24H,8-11,13H2,1-3H3. The Bertz CT molecular complexity index is 1170. The average molecular weight is 473 g/mol. The molecule has 9 heteroatoms. The molecule has 32 heavy (non-hydrogen) atoms. The topological polar surface area (TPSA) is 84.4 Å². The van der Waals surface area contributed by atoms with Gasteiger partial charge in [-0.2, -0.15) is 0 Å². The smallest absolute Gasteiger partial charge is 0.175 e. The van der Waals surface area contributed by atoms with Crippen LogP contribution in [0, 0.1) is 0 Å². The lowest BCUT2D eigenvalue weighted by atomic mass is 10.1. The van der Waals surface area contributed by atoms with Crippen LogP contribution >= 0.6 is 11.3 Å². The molecule has 1 N–H and O–H groups in total. The third-order valence-electron chi connectivity index (χ3n) is 5.20. The van der Waals surface area contributed by atoms with Crippen molar-refractivity contribution in [2.45, 2.75) is 31.3 Å². The maximum absolute atomic E-state index is 12.0. The zero-order valence-corrected chi connectivity index (χ0v) is 20.2. The SMILES string of the molecule is CC(C)Oc1ccc(S(C)(=O)=O)cc1Cc1nc(-c2ccc(N3CCNCC3)nc2)cs1. The number of nitrogens with zero attached hydrogens (tertiary/aromatic N) is 3. The zero-order chi connectivity index (χ0) is 22.7. The second-order valence-electron chi connectivity index (χ2n) is 8.15. The van der Waals surface area contributed by atoms with Crippen molar-refractivity contribution in [2.24, 2.45) is 0 Å². The monoisotopic (exact) mass is 472 g/mol. The molecule has 2 aromatic heterocycles. The predicted octanol–water partition coefficient (Wildman–Crippen LogP) is 3.40. The van der Waals surface area contributed by atoms with E-state index in [1.165, 1.54) is 6.26 Å². The van der Waals surface area contributed by atoms with Gasteiger partial charge in [-0.1, -0.05) is 0 Å². The van der Waals surface area contributed by atoms with E-state index in [2.05, 4.69) is 21.3 Å². The van der Waals surface area contributed by atoms with Gasteiger partial charge >= 0.3 is 0 Å². The maximum Gasteiger partial charge on any atom is 0.175 e. The minimum Gasteiger partial charge on any atom is -0.491 e.